The predicted molar refractivity (Wildman–Crippen MR) is 117 cm³/mol. The van der Waals surface area contributed by atoms with Gasteiger partial charge in [-0.15, -0.1) is 0 Å². The first-order chi connectivity index (χ1) is 14.1. The highest BCUT2D eigenvalue weighted by atomic mass is 35.5. The van der Waals surface area contributed by atoms with E-state index in [-0.39, 0.29) is 12.5 Å². The van der Waals surface area contributed by atoms with Crippen LogP contribution in [-0.2, 0) is 11.3 Å². The van der Waals surface area contributed by atoms with Crippen molar-refractivity contribution in [1.82, 2.24) is 0 Å². The van der Waals surface area contributed by atoms with E-state index in [1.54, 1.807) is 31.4 Å². The van der Waals surface area contributed by atoms with Gasteiger partial charge in [0.15, 0.2) is 6.61 Å². The minimum Gasteiger partial charge on any atom is -0.495 e. The maximum Gasteiger partial charge on any atom is 0.262 e. The molecule has 0 aliphatic rings. The molecule has 2 N–H and O–H groups in total. The van der Waals surface area contributed by atoms with Crippen LogP contribution in [0.3, 0.4) is 0 Å². The van der Waals surface area contributed by atoms with Gasteiger partial charge < -0.3 is 20.1 Å². The summed E-state index contributed by atoms with van der Waals surface area (Å²) in [6, 6.07) is 20.1. The summed E-state index contributed by atoms with van der Waals surface area (Å²) in [4.78, 5) is 12.2. The zero-order valence-corrected chi connectivity index (χ0v) is 17.3. The van der Waals surface area contributed by atoms with Gasteiger partial charge in [-0.3, -0.25) is 4.79 Å². The minimum absolute atomic E-state index is 0.172. The van der Waals surface area contributed by atoms with Gasteiger partial charge >= 0.3 is 0 Å². The van der Waals surface area contributed by atoms with Crippen molar-refractivity contribution < 1.29 is 14.3 Å². The Bertz CT molecular complexity index is 995. The molecule has 0 radical (unpaired) electrons. The smallest absolute Gasteiger partial charge is 0.262 e. The minimum atomic E-state index is -0.310. The summed E-state index contributed by atoms with van der Waals surface area (Å²) in [5.41, 5.74) is 2.38. The van der Waals surface area contributed by atoms with Crippen molar-refractivity contribution in [3.05, 3.63) is 82.3 Å². The Labute approximate surface area is 179 Å². The number of hydrogen-bond acceptors (Lipinski definition) is 4. The van der Waals surface area contributed by atoms with Gasteiger partial charge in [-0.25, -0.2) is 0 Å². The summed E-state index contributed by atoms with van der Waals surface area (Å²) in [7, 11) is 1.55. The third-order valence-electron chi connectivity index (χ3n) is 4.09. The molecule has 0 aliphatic carbocycles. The molecule has 0 fully saturated rings. The van der Waals surface area contributed by atoms with Gasteiger partial charge in [0.1, 0.15) is 11.5 Å². The van der Waals surface area contributed by atoms with E-state index in [2.05, 4.69) is 10.6 Å². The van der Waals surface area contributed by atoms with Crippen LogP contribution in [-0.4, -0.2) is 19.6 Å². The number of rotatable bonds is 8. The van der Waals surface area contributed by atoms with E-state index < -0.39 is 0 Å². The number of methoxy groups -OCH3 is 1. The number of para-hydroxylation sites is 3. The Morgan fingerprint density at radius 2 is 1.62 bits per heavy atom. The quantitative estimate of drug-likeness (QED) is 0.485. The summed E-state index contributed by atoms with van der Waals surface area (Å²) in [6.07, 6.45) is 0. The molecule has 0 unspecified atom stereocenters. The highest BCUT2D eigenvalue weighted by Gasteiger charge is 2.10. The molecule has 0 aromatic heterocycles. The normalized spacial score (nSPS) is 10.3. The fourth-order valence-corrected chi connectivity index (χ4v) is 3.11. The summed E-state index contributed by atoms with van der Waals surface area (Å²) in [5, 5.41) is 7.09. The number of carbonyl (C=O) groups excluding carboxylic acids is 1. The molecule has 3 aromatic carbocycles. The Hall–Kier alpha value is -2.89. The van der Waals surface area contributed by atoms with E-state index in [9.17, 15) is 4.79 Å². The number of anilines is 2. The second-order valence-corrected chi connectivity index (χ2v) is 6.95. The zero-order valence-electron chi connectivity index (χ0n) is 15.7. The molecule has 0 saturated heterocycles. The van der Waals surface area contributed by atoms with Crippen LogP contribution in [0.1, 0.15) is 5.56 Å². The number of ether oxygens (including phenoxy) is 2. The molecule has 1 amide bonds. The van der Waals surface area contributed by atoms with Crippen LogP contribution in [0.5, 0.6) is 11.5 Å². The van der Waals surface area contributed by atoms with Gasteiger partial charge in [-0.2, -0.15) is 0 Å². The Morgan fingerprint density at radius 1 is 0.897 bits per heavy atom. The number of nitrogens with one attached hydrogen (secondary N) is 2. The molecule has 29 heavy (non-hydrogen) atoms. The molecular formula is C22H20Cl2N2O3. The third kappa shape index (κ3) is 5.79. The standard InChI is InChI=1S/C22H20Cl2N2O3/c1-28-21-9-5-4-8-19(21)26-22(27)14-29-20-11-10-15(12-17(20)24)13-25-18-7-3-2-6-16(18)23/h2-12,25H,13-14H2,1H3,(H,26,27). The molecule has 0 saturated carbocycles. The zero-order chi connectivity index (χ0) is 20.6. The summed E-state index contributed by atoms with van der Waals surface area (Å²) < 4.78 is 10.8. The number of halogens is 2. The van der Waals surface area contributed by atoms with E-state index in [0.29, 0.717) is 33.8 Å². The van der Waals surface area contributed by atoms with Gasteiger partial charge in [0.25, 0.3) is 5.91 Å². The topological polar surface area (TPSA) is 59.6 Å². The largest absolute Gasteiger partial charge is 0.495 e. The fraction of sp³-hybridized carbons (Fsp3) is 0.136. The summed E-state index contributed by atoms with van der Waals surface area (Å²) in [5.74, 6) is 0.702. The van der Waals surface area contributed by atoms with Crippen LogP contribution in [0.2, 0.25) is 10.0 Å². The van der Waals surface area contributed by atoms with E-state index in [0.717, 1.165) is 11.3 Å². The molecule has 3 rings (SSSR count). The monoisotopic (exact) mass is 430 g/mol. The average Bonchev–Trinajstić information content (AvgIpc) is 2.73. The van der Waals surface area contributed by atoms with E-state index >= 15 is 0 Å². The van der Waals surface area contributed by atoms with Crippen molar-refractivity contribution in [2.45, 2.75) is 6.54 Å². The van der Waals surface area contributed by atoms with Gasteiger partial charge in [0.05, 0.1) is 28.5 Å². The molecular weight excluding hydrogens is 411 g/mol. The lowest BCUT2D eigenvalue weighted by Crippen LogP contribution is -2.20. The molecule has 0 heterocycles. The fourth-order valence-electron chi connectivity index (χ4n) is 2.65. The van der Waals surface area contributed by atoms with Gasteiger partial charge in [-0.05, 0) is 42.0 Å². The molecule has 7 heteroatoms. The molecule has 150 valence electrons. The third-order valence-corrected chi connectivity index (χ3v) is 4.72. The molecule has 5 nitrogen and oxygen atoms in total. The van der Waals surface area contributed by atoms with Gasteiger partial charge in [-0.1, -0.05) is 53.5 Å². The second kappa shape index (κ2) is 10.0. The SMILES string of the molecule is COc1ccccc1NC(=O)COc1ccc(CNc2ccccc2Cl)cc1Cl. The van der Waals surface area contributed by atoms with Crippen LogP contribution in [0.15, 0.2) is 66.7 Å². The first kappa shape index (κ1) is 20.8. The van der Waals surface area contributed by atoms with Crippen molar-refractivity contribution in [2.75, 3.05) is 24.4 Å². The van der Waals surface area contributed by atoms with E-state index in [1.165, 1.54) is 0 Å². The van der Waals surface area contributed by atoms with Crippen LogP contribution in [0.4, 0.5) is 11.4 Å². The molecule has 3 aromatic rings. The van der Waals surface area contributed by atoms with Crippen molar-refractivity contribution >= 4 is 40.5 Å². The number of carbonyl (C=O) groups is 1. The Morgan fingerprint density at radius 3 is 2.34 bits per heavy atom. The Balaban J connectivity index is 1.55. The molecule has 0 bridgehead atoms. The maximum absolute atomic E-state index is 12.2. The van der Waals surface area contributed by atoms with Crippen LogP contribution >= 0.6 is 23.2 Å². The summed E-state index contributed by atoms with van der Waals surface area (Å²) >= 11 is 12.4. The Kier molecular flexibility index (Phi) is 7.22. The molecule has 0 aliphatic heterocycles. The van der Waals surface area contributed by atoms with Crippen molar-refractivity contribution in [3.63, 3.8) is 0 Å². The number of amides is 1. The van der Waals surface area contributed by atoms with Crippen LogP contribution < -0.4 is 20.1 Å². The maximum atomic E-state index is 12.2. The van der Waals surface area contributed by atoms with Crippen molar-refractivity contribution in [2.24, 2.45) is 0 Å². The average molecular weight is 431 g/mol. The predicted octanol–water partition coefficient (Wildman–Crippen LogP) is 5.63. The van der Waals surface area contributed by atoms with Gasteiger partial charge in [0.2, 0.25) is 0 Å². The lowest BCUT2D eigenvalue weighted by Gasteiger charge is -2.12. The number of benzene rings is 3. The van der Waals surface area contributed by atoms with E-state index in [1.807, 2.05) is 42.5 Å². The molecule has 0 spiro atoms. The molecule has 0 atom stereocenters. The van der Waals surface area contributed by atoms with E-state index in [4.69, 9.17) is 32.7 Å². The van der Waals surface area contributed by atoms with Gasteiger partial charge in [0, 0.05) is 6.54 Å². The lowest BCUT2D eigenvalue weighted by molar-refractivity contribution is -0.118. The number of hydrogen-bond donors (Lipinski definition) is 2. The highest BCUT2D eigenvalue weighted by Crippen LogP contribution is 2.27. The van der Waals surface area contributed by atoms with Crippen molar-refractivity contribution in [1.29, 1.82) is 0 Å². The van der Waals surface area contributed by atoms with Crippen LogP contribution in [0.25, 0.3) is 0 Å². The summed E-state index contributed by atoms with van der Waals surface area (Å²) in [6.45, 7) is 0.382. The first-order valence-corrected chi connectivity index (χ1v) is 9.65. The lowest BCUT2D eigenvalue weighted by atomic mass is 10.2. The van der Waals surface area contributed by atoms with Crippen LogP contribution in [0, 0.1) is 0 Å². The van der Waals surface area contributed by atoms with Crippen molar-refractivity contribution in [3.8, 4) is 11.5 Å². The second-order valence-electron chi connectivity index (χ2n) is 6.14. The first-order valence-electron chi connectivity index (χ1n) is 8.89. The highest BCUT2D eigenvalue weighted by molar-refractivity contribution is 6.33.